The molecule has 1 aromatic rings. The minimum atomic E-state index is -1.73. The molecule has 4 N–H and O–H groups in total. The van der Waals surface area contributed by atoms with Crippen molar-refractivity contribution in [1.29, 1.82) is 0 Å². The van der Waals surface area contributed by atoms with Crippen LogP contribution in [0.5, 0.6) is 11.5 Å². The third-order valence-electron chi connectivity index (χ3n) is 6.26. The first-order chi connectivity index (χ1) is 16.6. The van der Waals surface area contributed by atoms with E-state index >= 15 is 0 Å². The molecule has 4 atom stereocenters. The Morgan fingerprint density at radius 2 is 1.60 bits per heavy atom. The Hall–Kier alpha value is -2.52. The smallest absolute Gasteiger partial charge is 0.342 e. The molecule has 2 rings (SSSR count). The van der Waals surface area contributed by atoms with Crippen molar-refractivity contribution in [3.63, 3.8) is 0 Å². The van der Waals surface area contributed by atoms with Gasteiger partial charge in [0.1, 0.15) is 11.5 Å². The highest BCUT2D eigenvalue weighted by atomic mass is 16.6. The molecule has 0 bridgehead atoms. The molecule has 0 heterocycles. The number of allylic oxidation sites excluding steroid dienone is 3. The van der Waals surface area contributed by atoms with Crippen LogP contribution in [0.1, 0.15) is 69.9 Å². The number of aryl methyl sites for hydroxylation is 1. The van der Waals surface area contributed by atoms with E-state index in [-0.39, 0.29) is 23.3 Å². The molecule has 0 radical (unpaired) electrons. The predicted octanol–water partition coefficient (Wildman–Crippen LogP) is 2.95. The van der Waals surface area contributed by atoms with Crippen LogP contribution in [0.3, 0.4) is 0 Å². The second-order valence-electron chi connectivity index (χ2n) is 9.23. The summed E-state index contributed by atoms with van der Waals surface area (Å²) in [6.07, 6.45) is 3.67. The zero-order valence-corrected chi connectivity index (χ0v) is 20.8. The number of carbonyl (C=O) groups excluding carboxylic acids is 2. The van der Waals surface area contributed by atoms with Gasteiger partial charge in [-0.15, -0.1) is 0 Å². The van der Waals surface area contributed by atoms with E-state index in [0.717, 1.165) is 48.8 Å². The molecule has 0 saturated heterocycles. The van der Waals surface area contributed by atoms with Gasteiger partial charge in [0.05, 0.1) is 13.2 Å². The van der Waals surface area contributed by atoms with Gasteiger partial charge in [-0.05, 0) is 63.1 Å². The molecule has 0 amide bonds. The van der Waals surface area contributed by atoms with Crippen LogP contribution < -0.4 is 9.47 Å². The number of benzene rings is 1. The monoisotopic (exact) mass is 490 g/mol. The maximum Gasteiger partial charge on any atom is 0.342 e. The minimum absolute atomic E-state index is 0.0370. The van der Waals surface area contributed by atoms with E-state index in [0.29, 0.717) is 12.0 Å². The Balaban J connectivity index is 2.72. The van der Waals surface area contributed by atoms with Crippen molar-refractivity contribution in [3.8, 4) is 11.5 Å². The number of hydrogen-bond donors (Lipinski definition) is 4. The fraction of sp³-hybridized carbons (Fsp3) is 0.556. The first-order valence-electron chi connectivity index (χ1n) is 12.1. The van der Waals surface area contributed by atoms with Crippen molar-refractivity contribution in [1.82, 2.24) is 0 Å². The van der Waals surface area contributed by atoms with Crippen LogP contribution >= 0.6 is 0 Å². The van der Waals surface area contributed by atoms with Crippen molar-refractivity contribution in [2.45, 2.75) is 77.4 Å². The molecule has 0 fully saturated rings. The number of aliphatic hydroxyl groups is 4. The number of carbonyl (C=O) groups is 2. The van der Waals surface area contributed by atoms with Crippen molar-refractivity contribution < 1.29 is 39.5 Å². The topological polar surface area (TPSA) is 134 Å². The summed E-state index contributed by atoms with van der Waals surface area (Å²) in [5.41, 5.74) is 3.17. The molecule has 0 aromatic heterocycles. The number of ether oxygens (including phenoxy) is 2. The van der Waals surface area contributed by atoms with Crippen molar-refractivity contribution >= 4 is 11.9 Å². The molecule has 8 heteroatoms. The normalized spacial score (nSPS) is 19.5. The summed E-state index contributed by atoms with van der Waals surface area (Å²) in [5.74, 6) is -2.23. The quantitative estimate of drug-likeness (QED) is 0.152. The molecule has 1 aromatic carbocycles. The molecule has 0 spiro atoms. The van der Waals surface area contributed by atoms with Crippen molar-refractivity contribution in [2.24, 2.45) is 5.92 Å². The van der Waals surface area contributed by atoms with Crippen LogP contribution in [0.15, 0.2) is 35.9 Å². The average Bonchev–Trinajstić information content (AvgIpc) is 2.82. The predicted molar refractivity (Wildman–Crippen MR) is 131 cm³/mol. The molecule has 35 heavy (non-hydrogen) atoms. The van der Waals surface area contributed by atoms with E-state index in [4.69, 9.17) is 9.47 Å². The van der Waals surface area contributed by atoms with Gasteiger partial charge in [0.25, 0.3) is 0 Å². The van der Waals surface area contributed by atoms with Gasteiger partial charge in [-0.25, -0.2) is 9.59 Å². The molecule has 8 nitrogen and oxygen atoms in total. The number of esters is 2. The van der Waals surface area contributed by atoms with Gasteiger partial charge in [0, 0.05) is 11.5 Å². The highest BCUT2D eigenvalue weighted by Gasteiger charge is 2.33. The summed E-state index contributed by atoms with van der Waals surface area (Å²) in [5, 5.41) is 38.1. The van der Waals surface area contributed by atoms with Crippen LogP contribution in [0.4, 0.5) is 0 Å². The lowest BCUT2D eigenvalue weighted by molar-refractivity contribution is -0.145. The maximum absolute atomic E-state index is 12.5. The Bertz CT molecular complexity index is 890. The molecular formula is C27H38O8. The fourth-order valence-corrected chi connectivity index (χ4v) is 4.28. The van der Waals surface area contributed by atoms with Crippen LogP contribution in [-0.2, 0) is 16.0 Å². The second-order valence-corrected chi connectivity index (χ2v) is 9.23. The van der Waals surface area contributed by atoms with Gasteiger partial charge in [-0.2, -0.15) is 0 Å². The fourth-order valence-electron chi connectivity index (χ4n) is 4.28. The number of rotatable bonds is 12. The molecule has 1 aliphatic carbocycles. The summed E-state index contributed by atoms with van der Waals surface area (Å²) in [7, 11) is 0. The second kappa shape index (κ2) is 13.5. The van der Waals surface area contributed by atoms with E-state index in [2.05, 4.69) is 13.5 Å². The van der Waals surface area contributed by atoms with E-state index in [1.54, 1.807) is 12.1 Å². The molecule has 2 unspecified atom stereocenters. The number of unbranched alkanes of at least 4 members (excludes halogenated alkanes) is 2. The van der Waals surface area contributed by atoms with Crippen LogP contribution in [0.25, 0.3) is 0 Å². The summed E-state index contributed by atoms with van der Waals surface area (Å²) >= 11 is 0. The summed E-state index contributed by atoms with van der Waals surface area (Å²) in [6.45, 7) is 8.50. The first-order valence-corrected chi connectivity index (χ1v) is 12.1. The SMILES string of the molecule is C=C(C)C1CCC(C)=CC1c1c(OC(=O)[C@@H](O)CO)cc(CCCCC)cc1OC(=O)[C@@H](O)CO. The van der Waals surface area contributed by atoms with Gasteiger partial charge in [-0.1, -0.05) is 43.6 Å². The lowest BCUT2D eigenvalue weighted by atomic mass is 9.73. The minimum Gasteiger partial charge on any atom is -0.424 e. The molecule has 194 valence electrons. The Morgan fingerprint density at radius 1 is 1.06 bits per heavy atom. The van der Waals surface area contributed by atoms with Crippen LogP contribution in [0, 0.1) is 5.92 Å². The third-order valence-corrected chi connectivity index (χ3v) is 6.26. The van der Waals surface area contributed by atoms with Crippen LogP contribution in [-0.4, -0.2) is 57.8 Å². The van der Waals surface area contributed by atoms with Gasteiger partial charge in [-0.3, -0.25) is 0 Å². The lowest BCUT2D eigenvalue weighted by Gasteiger charge is -2.32. The summed E-state index contributed by atoms with van der Waals surface area (Å²) in [4.78, 5) is 24.9. The van der Waals surface area contributed by atoms with Gasteiger partial charge in [0.15, 0.2) is 12.2 Å². The number of aliphatic hydroxyl groups excluding tert-OH is 4. The van der Waals surface area contributed by atoms with E-state index < -0.39 is 37.4 Å². The third kappa shape index (κ3) is 7.73. The maximum atomic E-state index is 12.5. The molecule has 0 aliphatic heterocycles. The van der Waals surface area contributed by atoms with Crippen molar-refractivity contribution in [2.75, 3.05) is 13.2 Å². The molecule has 1 aliphatic rings. The lowest BCUT2D eigenvalue weighted by Crippen LogP contribution is -2.31. The summed E-state index contributed by atoms with van der Waals surface area (Å²) in [6, 6.07) is 3.39. The Labute approximate surface area is 206 Å². The largest absolute Gasteiger partial charge is 0.424 e. The van der Waals surface area contributed by atoms with Crippen LogP contribution in [0.2, 0.25) is 0 Å². The standard InChI is InChI=1S/C27H38O8/c1-5-6-7-8-18-12-23(34-26(32)21(30)14-28)25(24(13-18)35-27(33)22(31)15-29)20-11-17(4)9-10-19(20)16(2)3/h11-13,19-22,28-31H,2,5-10,14-15H2,1,3-4H3/t19?,20?,21-,22-/m0/s1. The van der Waals surface area contributed by atoms with Gasteiger partial charge in [0.2, 0.25) is 0 Å². The molecular weight excluding hydrogens is 452 g/mol. The number of hydrogen-bond acceptors (Lipinski definition) is 8. The Morgan fingerprint density at radius 3 is 2.06 bits per heavy atom. The van der Waals surface area contributed by atoms with Crippen molar-refractivity contribution in [3.05, 3.63) is 47.1 Å². The molecule has 0 saturated carbocycles. The summed E-state index contributed by atoms with van der Waals surface area (Å²) < 4.78 is 11.1. The highest BCUT2D eigenvalue weighted by molar-refractivity contribution is 5.80. The average molecular weight is 491 g/mol. The zero-order valence-electron chi connectivity index (χ0n) is 20.8. The van der Waals surface area contributed by atoms with E-state index in [1.807, 2.05) is 19.9 Å². The zero-order chi connectivity index (χ0) is 26.1. The van der Waals surface area contributed by atoms with E-state index in [1.165, 1.54) is 0 Å². The van der Waals surface area contributed by atoms with Gasteiger partial charge >= 0.3 is 11.9 Å². The first kappa shape index (κ1) is 28.7. The Kier molecular flexibility index (Phi) is 11.1. The van der Waals surface area contributed by atoms with Gasteiger partial charge < -0.3 is 29.9 Å². The van der Waals surface area contributed by atoms with E-state index in [9.17, 15) is 30.0 Å². The highest BCUT2D eigenvalue weighted by Crippen LogP contribution is 2.47.